The molecule has 7 heteroatoms. The highest BCUT2D eigenvalue weighted by molar-refractivity contribution is 7.15. The van der Waals surface area contributed by atoms with Crippen molar-refractivity contribution in [2.45, 2.75) is 12.8 Å². The quantitative estimate of drug-likeness (QED) is 0.743. The number of thiophene rings is 1. The average molecular weight is 388 g/mol. The number of hydrogen-bond donors (Lipinski definition) is 1. The van der Waals surface area contributed by atoms with Crippen molar-refractivity contribution >= 4 is 51.8 Å². The van der Waals surface area contributed by atoms with Crippen LogP contribution in [-0.4, -0.2) is 36.9 Å². The lowest BCUT2D eigenvalue weighted by atomic mass is 10.0. The standard InChI is InChI=1S/C19H18ClN3O2S/c1-22-8-6-12(7-9-22)10-16(24)23-15-5-3-2-4-14(15)21-19(25)13-11-26-18(20)17(13)23/h2-5,10-11H,6-9H2,1H3,(H,21,25). The van der Waals surface area contributed by atoms with Crippen molar-refractivity contribution < 1.29 is 9.59 Å². The second kappa shape index (κ2) is 6.87. The molecule has 3 heterocycles. The second-order valence-corrected chi connectivity index (χ2v) is 8.00. The van der Waals surface area contributed by atoms with Gasteiger partial charge in [-0.15, -0.1) is 11.3 Å². The first kappa shape index (κ1) is 17.3. The lowest BCUT2D eigenvalue weighted by Crippen LogP contribution is -2.28. The van der Waals surface area contributed by atoms with Crippen molar-refractivity contribution in [3.63, 3.8) is 0 Å². The Labute approximate surface area is 160 Å². The maximum absolute atomic E-state index is 13.2. The Morgan fingerprint density at radius 1 is 1.27 bits per heavy atom. The number of para-hydroxylation sites is 2. The molecule has 0 bridgehead atoms. The largest absolute Gasteiger partial charge is 0.320 e. The molecule has 0 radical (unpaired) electrons. The van der Waals surface area contributed by atoms with E-state index in [2.05, 4.69) is 17.3 Å². The number of carbonyl (C=O) groups excluding carboxylic acids is 2. The van der Waals surface area contributed by atoms with Crippen molar-refractivity contribution in [2.24, 2.45) is 0 Å². The number of likely N-dealkylation sites (tertiary alicyclic amines) is 1. The number of halogens is 1. The third-order valence-corrected chi connectivity index (χ3v) is 5.96. The van der Waals surface area contributed by atoms with Gasteiger partial charge < -0.3 is 10.2 Å². The van der Waals surface area contributed by atoms with Crippen molar-refractivity contribution in [2.75, 3.05) is 30.4 Å². The number of nitrogens with zero attached hydrogens (tertiary/aromatic N) is 2. The highest BCUT2D eigenvalue weighted by Crippen LogP contribution is 2.44. The third kappa shape index (κ3) is 3.05. The van der Waals surface area contributed by atoms with Crippen LogP contribution in [0.2, 0.25) is 4.34 Å². The van der Waals surface area contributed by atoms with Gasteiger partial charge in [0.2, 0.25) is 0 Å². The Morgan fingerprint density at radius 2 is 2.00 bits per heavy atom. The van der Waals surface area contributed by atoms with E-state index in [1.54, 1.807) is 22.4 Å². The van der Waals surface area contributed by atoms with Gasteiger partial charge in [0.05, 0.1) is 22.6 Å². The predicted molar refractivity (Wildman–Crippen MR) is 106 cm³/mol. The van der Waals surface area contributed by atoms with E-state index >= 15 is 0 Å². The minimum absolute atomic E-state index is 0.171. The molecular formula is C19H18ClN3O2S. The van der Waals surface area contributed by atoms with Crippen LogP contribution in [0.4, 0.5) is 17.1 Å². The highest BCUT2D eigenvalue weighted by Gasteiger charge is 2.32. The zero-order valence-corrected chi connectivity index (χ0v) is 15.9. The predicted octanol–water partition coefficient (Wildman–Crippen LogP) is 4.28. The van der Waals surface area contributed by atoms with Crippen LogP contribution in [0.3, 0.4) is 0 Å². The Hall–Kier alpha value is -2.15. The molecule has 26 heavy (non-hydrogen) atoms. The van der Waals surface area contributed by atoms with Gasteiger partial charge in [-0.1, -0.05) is 29.3 Å². The Kier molecular flexibility index (Phi) is 4.56. The molecule has 1 N–H and O–H groups in total. The molecule has 1 fully saturated rings. The molecule has 2 aromatic rings. The minimum Gasteiger partial charge on any atom is -0.320 e. The number of nitrogens with one attached hydrogen (secondary N) is 1. The van der Waals surface area contributed by atoms with E-state index in [0.717, 1.165) is 31.5 Å². The van der Waals surface area contributed by atoms with Gasteiger partial charge in [-0.2, -0.15) is 0 Å². The number of fused-ring (bicyclic) bond motifs is 2. The van der Waals surface area contributed by atoms with E-state index in [9.17, 15) is 9.59 Å². The van der Waals surface area contributed by atoms with E-state index in [1.165, 1.54) is 11.3 Å². The van der Waals surface area contributed by atoms with Crippen LogP contribution >= 0.6 is 22.9 Å². The fourth-order valence-corrected chi connectivity index (χ4v) is 4.37. The second-order valence-electron chi connectivity index (χ2n) is 6.52. The smallest absolute Gasteiger partial charge is 0.258 e. The van der Waals surface area contributed by atoms with Gasteiger partial charge in [-0.3, -0.25) is 14.5 Å². The fraction of sp³-hybridized carbons (Fsp3) is 0.263. The molecule has 0 atom stereocenters. The lowest BCUT2D eigenvalue weighted by molar-refractivity contribution is -0.113. The fourth-order valence-electron chi connectivity index (χ4n) is 3.30. The van der Waals surface area contributed by atoms with Crippen molar-refractivity contribution in [1.82, 2.24) is 4.90 Å². The summed E-state index contributed by atoms with van der Waals surface area (Å²) in [5.41, 5.74) is 3.25. The Bertz CT molecular complexity index is 911. The molecule has 4 rings (SSSR count). The maximum atomic E-state index is 13.2. The van der Waals surface area contributed by atoms with Crippen LogP contribution < -0.4 is 10.2 Å². The molecule has 1 aromatic heterocycles. The van der Waals surface area contributed by atoms with Crippen molar-refractivity contribution in [1.29, 1.82) is 0 Å². The molecule has 134 valence electrons. The molecule has 2 amide bonds. The van der Waals surface area contributed by atoms with E-state index in [-0.39, 0.29) is 11.8 Å². The normalized spacial score (nSPS) is 17.2. The number of benzene rings is 1. The summed E-state index contributed by atoms with van der Waals surface area (Å²) in [5, 5.41) is 4.57. The summed E-state index contributed by atoms with van der Waals surface area (Å²) < 4.78 is 0.432. The zero-order valence-electron chi connectivity index (χ0n) is 14.3. The number of anilines is 3. The van der Waals surface area contributed by atoms with Crippen LogP contribution in [-0.2, 0) is 4.79 Å². The first-order valence-corrected chi connectivity index (χ1v) is 9.70. The SMILES string of the molecule is CN1CCC(=CC(=O)N2c3ccccc3NC(=O)c3csc(Cl)c32)CC1. The van der Waals surface area contributed by atoms with E-state index in [0.29, 0.717) is 27.0 Å². The Morgan fingerprint density at radius 3 is 2.77 bits per heavy atom. The van der Waals surface area contributed by atoms with Crippen LogP contribution in [0.25, 0.3) is 0 Å². The summed E-state index contributed by atoms with van der Waals surface area (Å²) in [4.78, 5) is 29.6. The summed E-state index contributed by atoms with van der Waals surface area (Å²) >= 11 is 7.64. The molecule has 1 saturated heterocycles. The topological polar surface area (TPSA) is 52.7 Å². The van der Waals surface area contributed by atoms with Crippen molar-refractivity contribution in [3.05, 3.63) is 51.2 Å². The van der Waals surface area contributed by atoms with Crippen LogP contribution in [0.15, 0.2) is 41.3 Å². The van der Waals surface area contributed by atoms with Gasteiger partial charge >= 0.3 is 0 Å². The molecule has 0 saturated carbocycles. The van der Waals surface area contributed by atoms with Crippen LogP contribution in [0, 0.1) is 0 Å². The number of piperidine rings is 1. The molecule has 2 aliphatic rings. The number of amides is 2. The van der Waals surface area contributed by atoms with Crippen molar-refractivity contribution in [3.8, 4) is 0 Å². The number of carbonyl (C=O) groups is 2. The molecule has 0 spiro atoms. The van der Waals surface area contributed by atoms with Gasteiger partial charge in [0, 0.05) is 24.5 Å². The monoisotopic (exact) mass is 387 g/mol. The lowest BCUT2D eigenvalue weighted by Gasteiger charge is -2.26. The van der Waals surface area contributed by atoms with E-state index < -0.39 is 0 Å². The first-order valence-electron chi connectivity index (χ1n) is 8.44. The van der Waals surface area contributed by atoms with E-state index in [1.807, 2.05) is 18.2 Å². The van der Waals surface area contributed by atoms with Crippen LogP contribution in [0.5, 0.6) is 0 Å². The molecule has 0 aliphatic carbocycles. The van der Waals surface area contributed by atoms with Gasteiger partial charge in [0.15, 0.2) is 0 Å². The number of rotatable bonds is 1. The average Bonchev–Trinajstić information content (AvgIpc) is 2.94. The van der Waals surface area contributed by atoms with Gasteiger partial charge in [0.1, 0.15) is 4.34 Å². The molecule has 5 nitrogen and oxygen atoms in total. The minimum atomic E-state index is -0.252. The van der Waals surface area contributed by atoms with Gasteiger partial charge in [0.25, 0.3) is 11.8 Å². The molecule has 0 unspecified atom stereocenters. The van der Waals surface area contributed by atoms with Gasteiger partial charge in [-0.05, 0) is 32.0 Å². The summed E-state index contributed by atoms with van der Waals surface area (Å²) in [6.45, 7) is 1.89. The molecular weight excluding hydrogens is 370 g/mol. The Balaban J connectivity index is 1.80. The molecule has 1 aromatic carbocycles. The third-order valence-electron chi connectivity index (χ3n) is 4.76. The maximum Gasteiger partial charge on any atom is 0.258 e. The van der Waals surface area contributed by atoms with E-state index in [4.69, 9.17) is 11.6 Å². The summed E-state index contributed by atoms with van der Waals surface area (Å²) in [6.07, 6.45) is 3.45. The molecule has 2 aliphatic heterocycles. The first-order chi connectivity index (χ1) is 12.5. The van der Waals surface area contributed by atoms with Crippen LogP contribution in [0.1, 0.15) is 23.2 Å². The number of hydrogen-bond acceptors (Lipinski definition) is 4. The summed E-state index contributed by atoms with van der Waals surface area (Å²) in [7, 11) is 2.08. The van der Waals surface area contributed by atoms with Gasteiger partial charge in [-0.25, -0.2) is 0 Å². The zero-order chi connectivity index (χ0) is 18.3. The summed E-state index contributed by atoms with van der Waals surface area (Å²) in [5.74, 6) is -0.423. The highest BCUT2D eigenvalue weighted by atomic mass is 35.5. The summed E-state index contributed by atoms with van der Waals surface area (Å²) in [6, 6.07) is 7.29.